The number of carbonyl (C=O) groups excluding carboxylic acids is 2. The number of nitrogens with one attached hydrogen (secondary N) is 1. The summed E-state index contributed by atoms with van der Waals surface area (Å²) in [5.74, 6) is 1.23. The van der Waals surface area contributed by atoms with Crippen LogP contribution in [0.25, 0.3) is 0 Å². The highest BCUT2D eigenvalue weighted by Gasteiger charge is 2.46. The zero-order chi connectivity index (χ0) is 26.9. The highest BCUT2D eigenvalue weighted by molar-refractivity contribution is 8.00. The van der Waals surface area contributed by atoms with E-state index < -0.39 is 29.1 Å². The fourth-order valence-corrected chi connectivity index (χ4v) is 6.80. The maximum absolute atomic E-state index is 14.1. The van der Waals surface area contributed by atoms with Crippen LogP contribution in [-0.2, 0) is 25.2 Å². The lowest BCUT2D eigenvalue weighted by Crippen LogP contribution is -2.51. The molecule has 3 aliphatic rings. The molecular formula is C27H26F3N5O2S. The Labute approximate surface area is 221 Å². The van der Waals surface area contributed by atoms with Crippen molar-refractivity contribution < 1.29 is 22.8 Å². The Morgan fingerprint density at radius 3 is 2.50 bits per heavy atom. The largest absolute Gasteiger partial charge is 0.416 e. The summed E-state index contributed by atoms with van der Waals surface area (Å²) < 4.78 is 44.3. The molecule has 1 aliphatic carbocycles. The van der Waals surface area contributed by atoms with E-state index >= 15 is 0 Å². The van der Waals surface area contributed by atoms with E-state index in [-0.39, 0.29) is 28.7 Å². The maximum Gasteiger partial charge on any atom is 0.416 e. The molecule has 2 amide bonds. The van der Waals surface area contributed by atoms with Crippen LogP contribution in [0.5, 0.6) is 0 Å². The van der Waals surface area contributed by atoms with Crippen molar-refractivity contribution in [2.45, 2.75) is 49.9 Å². The number of benzene rings is 2. The smallest absolute Gasteiger partial charge is 0.347 e. The first-order valence-corrected chi connectivity index (χ1v) is 13.6. The monoisotopic (exact) mass is 541 g/mol. The number of hydrogen-bond donors (Lipinski definition) is 1. The number of rotatable bonds is 5. The zero-order valence-electron chi connectivity index (χ0n) is 20.9. The van der Waals surface area contributed by atoms with Gasteiger partial charge >= 0.3 is 6.18 Å². The van der Waals surface area contributed by atoms with Gasteiger partial charge in [-0.1, -0.05) is 12.1 Å². The Morgan fingerprint density at radius 1 is 1.16 bits per heavy atom. The van der Waals surface area contributed by atoms with Crippen molar-refractivity contribution in [1.29, 1.82) is 0 Å². The van der Waals surface area contributed by atoms with Crippen LogP contribution in [0.4, 0.5) is 18.9 Å². The first kappa shape index (κ1) is 25.0. The summed E-state index contributed by atoms with van der Waals surface area (Å²) in [7, 11) is 1.88. The molecule has 3 heterocycles. The standard InChI is InChI=1S/C27H26F3N5O2S/c1-25(7-4-8-25)32-22(36)16-9-19-20(21(10-16)27(28,29)30)12-35(23(19)37)18-6-3-5-17(11-18)26(13-38-14-26)24-33-31-15-34(24)2/h3,5-6,9-11,15H,4,7-8,12-14H2,1-2H3,(H,32,36). The molecule has 38 heavy (non-hydrogen) atoms. The van der Waals surface area contributed by atoms with Crippen LogP contribution < -0.4 is 10.2 Å². The topological polar surface area (TPSA) is 80.1 Å². The first-order chi connectivity index (χ1) is 18.0. The molecule has 11 heteroatoms. The summed E-state index contributed by atoms with van der Waals surface area (Å²) in [5, 5.41) is 11.2. The maximum atomic E-state index is 14.1. The quantitative estimate of drug-likeness (QED) is 0.507. The number of thioether (sulfide) groups is 1. The average molecular weight is 542 g/mol. The molecule has 1 saturated heterocycles. The van der Waals surface area contributed by atoms with E-state index in [1.54, 1.807) is 24.2 Å². The van der Waals surface area contributed by atoms with Crippen LogP contribution in [0.2, 0.25) is 0 Å². The second kappa shape index (κ2) is 8.59. The van der Waals surface area contributed by atoms with Crippen molar-refractivity contribution in [3.8, 4) is 0 Å². The van der Waals surface area contributed by atoms with Gasteiger partial charge in [0.25, 0.3) is 11.8 Å². The van der Waals surface area contributed by atoms with Crippen LogP contribution in [0.1, 0.15) is 69.4 Å². The molecule has 198 valence electrons. The van der Waals surface area contributed by atoms with E-state index in [4.69, 9.17) is 0 Å². The summed E-state index contributed by atoms with van der Waals surface area (Å²) in [5.41, 5.74) is -0.678. The van der Waals surface area contributed by atoms with E-state index in [1.807, 2.05) is 36.7 Å². The molecule has 2 fully saturated rings. The number of carbonyl (C=O) groups is 2. The Morgan fingerprint density at radius 2 is 1.92 bits per heavy atom. The van der Waals surface area contributed by atoms with E-state index in [0.717, 1.165) is 48.2 Å². The van der Waals surface area contributed by atoms with E-state index in [0.29, 0.717) is 5.69 Å². The molecule has 2 aliphatic heterocycles. The van der Waals surface area contributed by atoms with Gasteiger partial charge in [0.15, 0.2) is 0 Å². The van der Waals surface area contributed by atoms with Crippen LogP contribution in [-0.4, -0.2) is 43.6 Å². The van der Waals surface area contributed by atoms with Gasteiger partial charge in [-0.2, -0.15) is 24.9 Å². The van der Waals surface area contributed by atoms with Crippen LogP contribution in [0.15, 0.2) is 42.7 Å². The second-order valence-corrected chi connectivity index (χ2v) is 11.7. The molecule has 0 radical (unpaired) electrons. The number of anilines is 1. The molecule has 0 atom stereocenters. The summed E-state index contributed by atoms with van der Waals surface area (Å²) in [6.45, 7) is 1.65. The SMILES string of the molecule is Cn1cnnc1C1(c2cccc(N3Cc4c(cc(C(=O)NC5(C)CCC5)cc4C(F)(F)F)C3=O)c2)CSC1. The first-order valence-electron chi connectivity index (χ1n) is 12.4. The molecule has 1 aromatic heterocycles. The van der Waals surface area contributed by atoms with Crippen LogP contribution in [0.3, 0.4) is 0 Å². The van der Waals surface area contributed by atoms with Gasteiger partial charge in [-0.15, -0.1) is 10.2 Å². The Balaban J connectivity index is 1.36. The van der Waals surface area contributed by atoms with Gasteiger partial charge in [-0.25, -0.2) is 0 Å². The number of nitrogens with zero attached hydrogens (tertiary/aromatic N) is 4. The molecule has 0 unspecified atom stereocenters. The number of fused-ring (bicyclic) bond motifs is 1. The molecule has 6 rings (SSSR count). The van der Waals surface area contributed by atoms with E-state index in [9.17, 15) is 22.8 Å². The fraction of sp³-hybridized carbons (Fsp3) is 0.407. The fourth-order valence-electron chi connectivity index (χ4n) is 5.60. The minimum atomic E-state index is -4.71. The lowest BCUT2D eigenvalue weighted by atomic mass is 9.78. The molecule has 3 aromatic rings. The third kappa shape index (κ3) is 3.90. The zero-order valence-corrected chi connectivity index (χ0v) is 21.7. The summed E-state index contributed by atoms with van der Waals surface area (Å²) >= 11 is 1.77. The van der Waals surface area contributed by atoms with Crippen LogP contribution >= 0.6 is 11.8 Å². The van der Waals surface area contributed by atoms with Gasteiger partial charge in [-0.05, 0) is 61.6 Å². The summed E-state index contributed by atoms with van der Waals surface area (Å²) in [6, 6.07) is 9.52. The molecule has 1 saturated carbocycles. The number of hydrogen-bond acceptors (Lipinski definition) is 5. The van der Waals surface area contributed by atoms with Gasteiger partial charge in [0.05, 0.1) is 17.5 Å². The number of aromatic nitrogens is 3. The Hall–Kier alpha value is -3.34. The lowest BCUT2D eigenvalue weighted by molar-refractivity contribution is -0.138. The highest BCUT2D eigenvalue weighted by atomic mass is 32.2. The van der Waals surface area contributed by atoms with Gasteiger partial charge in [0, 0.05) is 40.9 Å². The van der Waals surface area contributed by atoms with Gasteiger partial charge in [0.1, 0.15) is 12.2 Å². The van der Waals surface area contributed by atoms with Crippen molar-refractivity contribution in [3.05, 3.63) is 76.4 Å². The molecule has 2 aromatic carbocycles. The summed E-state index contributed by atoms with van der Waals surface area (Å²) in [6.07, 6.45) is -0.572. The second-order valence-electron chi connectivity index (χ2n) is 10.7. The summed E-state index contributed by atoms with van der Waals surface area (Å²) in [4.78, 5) is 27.8. The Bertz CT molecular complexity index is 1460. The molecule has 0 spiro atoms. The van der Waals surface area contributed by atoms with Crippen molar-refractivity contribution in [2.75, 3.05) is 16.4 Å². The van der Waals surface area contributed by atoms with E-state index in [1.165, 1.54) is 11.0 Å². The van der Waals surface area contributed by atoms with Gasteiger partial charge in [-0.3, -0.25) is 9.59 Å². The van der Waals surface area contributed by atoms with Gasteiger partial charge < -0.3 is 14.8 Å². The predicted molar refractivity (Wildman–Crippen MR) is 137 cm³/mol. The van der Waals surface area contributed by atoms with Gasteiger partial charge in [0.2, 0.25) is 0 Å². The molecule has 7 nitrogen and oxygen atoms in total. The molecular weight excluding hydrogens is 515 g/mol. The minimum Gasteiger partial charge on any atom is -0.347 e. The third-order valence-corrected chi connectivity index (χ3v) is 9.42. The van der Waals surface area contributed by atoms with Crippen LogP contribution in [0, 0.1) is 0 Å². The number of halogens is 3. The third-order valence-electron chi connectivity index (χ3n) is 8.03. The number of aryl methyl sites for hydroxylation is 1. The van der Waals surface area contributed by atoms with Crippen molar-refractivity contribution >= 4 is 29.3 Å². The highest BCUT2D eigenvalue weighted by Crippen LogP contribution is 2.47. The molecule has 0 bridgehead atoms. The van der Waals surface area contributed by atoms with Crippen molar-refractivity contribution in [3.63, 3.8) is 0 Å². The normalized spacial score (nSPS) is 19.5. The molecule has 1 N–H and O–H groups in total. The Kier molecular flexibility index (Phi) is 5.64. The average Bonchev–Trinajstić information content (AvgIpc) is 3.40. The van der Waals surface area contributed by atoms with Crippen molar-refractivity contribution in [1.82, 2.24) is 20.1 Å². The lowest BCUT2D eigenvalue weighted by Gasteiger charge is -2.40. The van der Waals surface area contributed by atoms with E-state index in [2.05, 4.69) is 15.5 Å². The number of alkyl halides is 3. The number of amides is 2. The van der Waals surface area contributed by atoms with Crippen molar-refractivity contribution in [2.24, 2.45) is 7.05 Å². The minimum absolute atomic E-state index is 0.0867. The predicted octanol–water partition coefficient (Wildman–Crippen LogP) is 4.70.